The van der Waals surface area contributed by atoms with E-state index >= 15 is 0 Å². The highest BCUT2D eigenvalue weighted by atomic mass is 32.2. The number of rotatable bonds is 6. The van der Waals surface area contributed by atoms with Crippen LogP contribution in [-0.4, -0.2) is 73.7 Å². The van der Waals surface area contributed by atoms with E-state index in [0.29, 0.717) is 11.5 Å². The van der Waals surface area contributed by atoms with Crippen LogP contribution in [0.4, 0.5) is 0 Å². The second-order valence-corrected chi connectivity index (χ2v) is 8.43. The molecule has 1 aliphatic heterocycles. The van der Waals surface area contributed by atoms with Gasteiger partial charge in [-0.2, -0.15) is 11.8 Å². The summed E-state index contributed by atoms with van der Waals surface area (Å²) >= 11 is 7.19. The van der Waals surface area contributed by atoms with Crippen molar-refractivity contribution in [1.82, 2.24) is 15.3 Å². The summed E-state index contributed by atoms with van der Waals surface area (Å²) in [5.41, 5.74) is 0. The smallest absolute Gasteiger partial charge is 0.183 e. The van der Waals surface area contributed by atoms with E-state index in [1.165, 1.54) is 0 Å². The molecular formula is C11H23N3O2S3. The van der Waals surface area contributed by atoms with Crippen LogP contribution in [0.3, 0.4) is 0 Å². The lowest BCUT2D eigenvalue weighted by atomic mass is 10.2. The first kappa shape index (κ1) is 17.0. The second-order valence-electron chi connectivity index (χ2n) is 4.83. The molecule has 0 bridgehead atoms. The summed E-state index contributed by atoms with van der Waals surface area (Å²) in [5, 5.41) is 7.59. The second kappa shape index (κ2) is 7.66. The van der Waals surface area contributed by atoms with Crippen molar-refractivity contribution in [3.8, 4) is 0 Å². The van der Waals surface area contributed by atoms with Crippen LogP contribution in [0.15, 0.2) is 0 Å². The zero-order chi connectivity index (χ0) is 14.5. The first-order valence-electron chi connectivity index (χ1n) is 6.31. The number of thiocarbonyl (C=S) groups is 1. The fourth-order valence-electron chi connectivity index (χ4n) is 2.14. The quantitative estimate of drug-likeness (QED) is 0.435. The van der Waals surface area contributed by atoms with Crippen LogP contribution in [0.1, 0.15) is 12.8 Å². The van der Waals surface area contributed by atoms with Crippen LogP contribution in [0, 0.1) is 0 Å². The number of hydrogen-bond donors (Lipinski definition) is 1. The Kier molecular flexibility index (Phi) is 6.85. The maximum atomic E-state index is 11.6. The lowest BCUT2D eigenvalue weighted by Gasteiger charge is -2.36. The molecule has 1 atom stereocenters. The minimum atomic E-state index is -2.90. The third kappa shape index (κ3) is 5.45. The molecule has 5 nitrogen and oxygen atoms in total. The van der Waals surface area contributed by atoms with Gasteiger partial charge in [-0.05, 0) is 37.1 Å². The topological polar surface area (TPSA) is 52.7 Å². The van der Waals surface area contributed by atoms with E-state index in [0.717, 1.165) is 18.7 Å². The van der Waals surface area contributed by atoms with Crippen molar-refractivity contribution < 1.29 is 8.42 Å². The third-order valence-corrected chi connectivity index (χ3v) is 5.77. The van der Waals surface area contributed by atoms with E-state index in [9.17, 15) is 8.42 Å². The Labute approximate surface area is 126 Å². The van der Waals surface area contributed by atoms with Gasteiger partial charge in [0.15, 0.2) is 14.9 Å². The average molecular weight is 326 g/mol. The van der Waals surface area contributed by atoms with Crippen LogP contribution < -0.4 is 5.32 Å². The van der Waals surface area contributed by atoms with Crippen molar-refractivity contribution in [3.05, 3.63) is 0 Å². The summed E-state index contributed by atoms with van der Waals surface area (Å²) in [7, 11) is 0.884. The Balaban J connectivity index is 2.55. The SMILES string of the molecule is CSCCCNC(=S)N(C1CCS(=O)(=O)C1)N(C)C. The Morgan fingerprint density at radius 2 is 2.16 bits per heavy atom. The van der Waals surface area contributed by atoms with Gasteiger partial charge in [-0.15, -0.1) is 0 Å². The van der Waals surface area contributed by atoms with Crippen molar-refractivity contribution in [2.75, 3.05) is 44.2 Å². The molecule has 112 valence electrons. The molecule has 0 aromatic rings. The first-order valence-corrected chi connectivity index (χ1v) is 9.93. The summed E-state index contributed by atoms with van der Waals surface area (Å²) in [6, 6.07) is -0.0412. The summed E-state index contributed by atoms with van der Waals surface area (Å²) in [6.07, 6.45) is 3.77. The van der Waals surface area contributed by atoms with Crippen LogP contribution in [0.25, 0.3) is 0 Å². The molecule has 0 amide bonds. The maximum absolute atomic E-state index is 11.6. The predicted octanol–water partition coefficient (Wildman–Crippen LogP) is 0.580. The van der Waals surface area contributed by atoms with E-state index < -0.39 is 9.84 Å². The molecule has 0 aromatic heterocycles. The first-order chi connectivity index (χ1) is 8.87. The normalized spacial score (nSPS) is 21.6. The summed E-state index contributed by atoms with van der Waals surface area (Å²) in [5.74, 6) is 1.55. The molecule has 1 aliphatic rings. The van der Waals surface area contributed by atoms with Crippen LogP contribution in [0.2, 0.25) is 0 Å². The van der Waals surface area contributed by atoms with Gasteiger partial charge in [-0.3, -0.25) is 5.01 Å². The van der Waals surface area contributed by atoms with Crippen molar-refractivity contribution in [1.29, 1.82) is 0 Å². The molecule has 1 N–H and O–H groups in total. The number of hydrogen-bond acceptors (Lipinski definition) is 5. The van der Waals surface area contributed by atoms with Gasteiger partial charge in [0.05, 0.1) is 17.5 Å². The molecule has 8 heteroatoms. The third-order valence-electron chi connectivity index (χ3n) is 2.99. The van der Waals surface area contributed by atoms with Gasteiger partial charge in [-0.1, -0.05) is 0 Å². The van der Waals surface area contributed by atoms with Gasteiger partial charge in [0.2, 0.25) is 0 Å². The van der Waals surface area contributed by atoms with Crippen LogP contribution in [0.5, 0.6) is 0 Å². The van der Waals surface area contributed by atoms with Gasteiger partial charge >= 0.3 is 0 Å². The lowest BCUT2D eigenvalue weighted by molar-refractivity contribution is 0.0714. The van der Waals surface area contributed by atoms with Crippen molar-refractivity contribution >= 4 is 38.9 Å². The maximum Gasteiger partial charge on any atom is 0.183 e. The summed E-state index contributed by atoms with van der Waals surface area (Å²) in [6.45, 7) is 0.823. The summed E-state index contributed by atoms with van der Waals surface area (Å²) < 4.78 is 23.2. The highest BCUT2D eigenvalue weighted by Gasteiger charge is 2.34. The zero-order valence-electron chi connectivity index (χ0n) is 11.8. The molecule has 1 rings (SSSR count). The Bertz CT molecular complexity index is 398. The molecule has 0 aromatic carbocycles. The number of thioether (sulfide) groups is 1. The Morgan fingerprint density at radius 3 is 2.63 bits per heavy atom. The highest BCUT2D eigenvalue weighted by Crippen LogP contribution is 2.18. The van der Waals surface area contributed by atoms with E-state index in [4.69, 9.17) is 12.2 Å². The lowest BCUT2D eigenvalue weighted by Crippen LogP contribution is -2.53. The molecule has 0 saturated carbocycles. The molecule has 1 saturated heterocycles. The molecule has 0 radical (unpaired) electrons. The zero-order valence-corrected chi connectivity index (χ0v) is 14.2. The van der Waals surface area contributed by atoms with Gasteiger partial charge in [0, 0.05) is 20.6 Å². The van der Waals surface area contributed by atoms with Crippen molar-refractivity contribution in [3.63, 3.8) is 0 Å². The van der Waals surface area contributed by atoms with Gasteiger partial charge < -0.3 is 5.32 Å². The van der Waals surface area contributed by atoms with E-state index in [1.54, 1.807) is 11.8 Å². The van der Waals surface area contributed by atoms with E-state index in [1.807, 2.05) is 24.1 Å². The molecule has 1 unspecified atom stereocenters. The minimum absolute atomic E-state index is 0.0412. The molecular weight excluding hydrogens is 302 g/mol. The van der Waals surface area contributed by atoms with Gasteiger partial charge in [0.25, 0.3) is 0 Å². The van der Waals surface area contributed by atoms with Gasteiger partial charge in [0.1, 0.15) is 0 Å². The molecule has 0 spiro atoms. The molecule has 0 aliphatic carbocycles. The monoisotopic (exact) mass is 325 g/mol. The fourth-order valence-corrected chi connectivity index (χ4v) is 4.67. The Hall–Kier alpha value is -0.0500. The number of hydrazine groups is 1. The average Bonchev–Trinajstić information content (AvgIpc) is 2.64. The summed E-state index contributed by atoms with van der Waals surface area (Å²) in [4.78, 5) is 0. The molecule has 1 heterocycles. The molecule has 1 fully saturated rings. The van der Waals surface area contributed by atoms with Crippen LogP contribution in [-0.2, 0) is 9.84 Å². The number of sulfone groups is 1. The number of nitrogens with zero attached hydrogens (tertiary/aromatic N) is 2. The van der Waals surface area contributed by atoms with Crippen molar-refractivity contribution in [2.45, 2.75) is 18.9 Å². The highest BCUT2D eigenvalue weighted by molar-refractivity contribution is 7.98. The minimum Gasteiger partial charge on any atom is -0.361 e. The standard InChI is InChI=1S/C11H23N3O2S3/c1-13(2)14(10-5-8-19(15,16)9-10)11(17)12-6-4-7-18-3/h10H,4-9H2,1-3H3,(H,12,17). The largest absolute Gasteiger partial charge is 0.361 e. The van der Waals surface area contributed by atoms with Crippen LogP contribution >= 0.6 is 24.0 Å². The van der Waals surface area contributed by atoms with Gasteiger partial charge in [-0.25, -0.2) is 13.4 Å². The predicted molar refractivity (Wildman–Crippen MR) is 86.2 cm³/mol. The molecule has 19 heavy (non-hydrogen) atoms. The Morgan fingerprint density at radius 1 is 1.47 bits per heavy atom. The van der Waals surface area contributed by atoms with E-state index in [2.05, 4.69) is 11.6 Å². The number of nitrogens with one attached hydrogen (secondary N) is 1. The fraction of sp³-hybridized carbons (Fsp3) is 0.909. The van der Waals surface area contributed by atoms with Crippen molar-refractivity contribution in [2.24, 2.45) is 0 Å². The van der Waals surface area contributed by atoms with E-state index in [-0.39, 0.29) is 17.5 Å².